The molecule has 2 heterocycles. The molecule has 0 spiro atoms. The van der Waals surface area contributed by atoms with Gasteiger partial charge in [0.25, 0.3) is 10.0 Å². The summed E-state index contributed by atoms with van der Waals surface area (Å²) in [5.74, 6) is -0.752. The smallest absolute Gasteiger partial charge is 0.336 e. The van der Waals surface area contributed by atoms with Crippen molar-refractivity contribution >= 4 is 55.0 Å². The molecule has 0 atom stereocenters. The fourth-order valence-electron chi connectivity index (χ4n) is 3.92. The van der Waals surface area contributed by atoms with Gasteiger partial charge in [-0.15, -0.1) is 0 Å². The van der Waals surface area contributed by atoms with Crippen molar-refractivity contribution in [3.63, 3.8) is 0 Å². The number of carbonyl (C=O) groups excluding carboxylic acids is 1. The summed E-state index contributed by atoms with van der Waals surface area (Å²) in [6.45, 7) is 1.06. The Hall–Kier alpha value is -3.36. The Bertz CT molecular complexity index is 1590. The summed E-state index contributed by atoms with van der Waals surface area (Å²) in [6, 6.07) is 14.7. The molecule has 0 fully saturated rings. The summed E-state index contributed by atoms with van der Waals surface area (Å²) in [7, 11) is -3.88. The lowest BCUT2D eigenvalue weighted by Gasteiger charge is -2.18. The number of halogens is 1. The van der Waals surface area contributed by atoms with Gasteiger partial charge in [-0.1, -0.05) is 35.9 Å². The van der Waals surface area contributed by atoms with E-state index < -0.39 is 28.2 Å². The third kappa shape index (κ3) is 3.23. The average Bonchev–Trinajstić information content (AvgIpc) is 2.96. The van der Waals surface area contributed by atoms with Crippen molar-refractivity contribution in [1.82, 2.24) is 0 Å². The van der Waals surface area contributed by atoms with Crippen LogP contribution in [-0.2, 0) is 26.2 Å². The van der Waals surface area contributed by atoms with Crippen molar-refractivity contribution in [3.05, 3.63) is 81.2 Å². The number of hydrogen-bond donors (Lipinski definition) is 0. The topological polar surface area (TPSA) is 93.9 Å². The number of hydrogen-bond acceptors (Lipinski definition) is 6. The molecule has 0 N–H and O–H groups in total. The molecule has 0 bridgehead atoms. The maximum Gasteiger partial charge on any atom is 0.336 e. The van der Waals surface area contributed by atoms with Crippen LogP contribution >= 0.6 is 11.6 Å². The average molecular weight is 470 g/mol. The zero-order valence-corrected chi connectivity index (χ0v) is 18.4. The van der Waals surface area contributed by atoms with Gasteiger partial charge in [-0.05, 0) is 42.1 Å². The highest BCUT2D eigenvalue weighted by Gasteiger charge is 2.37. The van der Waals surface area contributed by atoms with E-state index in [4.69, 9.17) is 20.8 Å². The molecule has 4 aromatic rings. The third-order valence-corrected chi connectivity index (χ3v) is 7.66. The zero-order chi connectivity index (χ0) is 22.6. The Morgan fingerprint density at radius 3 is 2.66 bits per heavy atom. The molecule has 0 aliphatic carbocycles. The van der Waals surface area contributed by atoms with Gasteiger partial charge >= 0.3 is 11.6 Å². The van der Waals surface area contributed by atoms with Gasteiger partial charge in [0.05, 0.1) is 10.6 Å². The number of aryl methyl sites for hydroxylation is 1. The molecule has 9 heteroatoms. The van der Waals surface area contributed by atoms with Crippen LogP contribution in [0.2, 0.25) is 5.02 Å². The van der Waals surface area contributed by atoms with Crippen LogP contribution in [0.1, 0.15) is 11.1 Å². The predicted molar refractivity (Wildman–Crippen MR) is 121 cm³/mol. The Kier molecular flexibility index (Phi) is 4.72. The largest absolute Gasteiger partial charge is 0.459 e. The summed E-state index contributed by atoms with van der Waals surface area (Å²) in [5.41, 5.74) is 1.33. The first kappa shape index (κ1) is 20.5. The van der Waals surface area contributed by atoms with E-state index in [1.807, 2.05) is 12.1 Å². The molecular weight excluding hydrogens is 454 g/mol. The van der Waals surface area contributed by atoms with E-state index in [1.165, 1.54) is 12.1 Å². The van der Waals surface area contributed by atoms with E-state index >= 15 is 0 Å². The summed E-state index contributed by atoms with van der Waals surface area (Å²) in [6.07, 6.45) is 0. The van der Waals surface area contributed by atoms with Gasteiger partial charge < -0.3 is 9.15 Å². The monoisotopic (exact) mass is 469 g/mol. The second-order valence-corrected chi connectivity index (χ2v) is 9.73. The van der Waals surface area contributed by atoms with Crippen LogP contribution < -0.4 is 9.93 Å². The molecule has 0 saturated carbocycles. The number of sulfonamides is 1. The molecule has 7 nitrogen and oxygen atoms in total. The van der Waals surface area contributed by atoms with Gasteiger partial charge in [0.2, 0.25) is 0 Å². The van der Waals surface area contributed by atoms with E-state index in [9.17, 15) is 18.0 Å². The number of fused-ring (bicyclic) bond motifs is 1. The van der Waals surface area contributed by atoms with E-state index in [0.29, 0.717) is 32.6 Å². The van der Waals surface area contributed by atoms with Gasteiger partial charge in [-0.25, -0.2) is 13.2 Å². The van der Waals surface area contributed by atoms with Crippen molar-refractivity contribution in [2.75, 3.05) is 10.8 Å². The molecular formula is C23H16ClNO6S. The molecule has 0 amide bonds. The number of nitrogens with zero attached hydrogens (tertiary/aromatic N) is 1. The molecule has 32 heavy (non-hydrogen) atoms. The Morgan fingerprint density at radius 1 is 1.12 bits per heavy atom. The van der Waals surface area contributed by atoms with Crippen molar-refractivity contribution in [2.45, 2.75) is 18.4 Å². The Labute approximate surface area is 187 Å². The Balaban J connectivity index is 1.42. The molecule has 1 aromatic heterocycles. The quantitative estimate of drug-likeness (QED) is 0.329. The highest BCUT2D eigenvalue weighted by Crippen LogP contribution is 2.41. The first-order chi connectivity index (χ1) is 15.3. The number of esters is 1. The van der Waals surface area contributed by atoms with Crippen molar-refractivity contribution in [2.24, 2.45) is 0 Å². The van der Waals surface area contributed by atoms with Crippen molar-refractivity contribution < 1.29 is 22.4 Å². The van der Waals surface area contributed by atoms with Crippen LogP contribution in [0.5, 0.6) is 0 Å². The van der Waals surface area contributed by atoms with Crippen LogP contribution in [0.3, 0.4) is 0 Å². The SMILES string of the molecule is Cc1cc2oc(=O)cc(COC(=O)CN3c4cccc5cccc(c45)S3(=O)=O)c2cc1Cl. The number of anilines is 1. The summed E-state index contributed by atoms with van der Waals surface area (Å²) < 4.78 is 37.6. The minimum Gasteiger partial charge on any atom is -0.459 e. The molecule has 0 radical (unpaired) electrons. The molecule has 1 aliphatic rings. The molecule has 5 rings (SSSR count). The minimum absolute atomic E-state index is 0.162. The third-order valence-electron chi connectivity index (χ3n) is 5.45. The lowest BCUT2D eigenvalue weighted by Crippen LogP contribution is -2.33. The summed E-state index contributed by atoms with van der Waals surface area (Å²) >= 11 is 6.19. The first-order valence-electron chi connectivity index (χ1n) is 9.69. The fraction of sp³-hybridized carbons (Fsp3) is 0.130. The maximum atomic E-state index is 13.0. The van der Waals surface area contributed by atoms with Crippen LogP contribution in [0.4, 0.5) is 5.69 Å². The number of carbonyl (C=O) groups is 1. The van der Waals surface area contributed by atoms with Crippen molar-refractivity contribution in [3.8, 4) is 0 Å². The van der Waals surface area contributed by atoms with E-state index in [2.05, 4.69) is 0 Å². The molecule has 1 aliphatic heterocycles. The lowest BCUT2D eigenvalue weighted by atomic mass is 10.1. The predicted octanol–water partition coefficient (Wildman–Crippen LogP) is 4.16. The van der Waals surface area contributed by atoms with Crippen LogP contribution in [0, 0.1) is 6.92 Å². The van der Waals surface area contributed by atoms with E-state index in [-0.39, 0.29) is 11.5 Å². The second kappa shape index (κ2) is 7.36. The van der Waals surface area contributed by atoms with Crippen LogP contribution in [-0.4, -0.2) is 20.9 Å². The van der Waals surface area contributed by atoms with Gasteiger partial charge in [-0.2, -0.15) is 0 Å². The maximum absolute atomic E-state index is 13.0. The van der Waals surface area contributed by atoms with E-state index in [1.54, 1.807) is 37.3 Å². The normalized spacial score (nSPS) is 14.2. The highest BCUT2D eigenvalue weighted by molar-refractivity contribution is 7.93. The lowest BCUT2D eigenvalue weighted by molar-refractivity contribution is -0.143. The summed E-state index contributed by atoms with van der Waals surface area (Å²) in [4.78, 5) is 24.7. The number of benzene rings is 3. The van der Waals surface area contributed by atoms with E-state index in [0.717, 1.165) is 15.3 Å². The van der Waals surface area contributed by atoms with Gasteiger partial charge in [0, 0.05) is 27.4 Å². The molecule has 0 saturated heterocycles. The van der Waals surface area contributed by atoms with Gasteiger partial charge in [0.1, 0.15) is 18.7 Å². The minimum atomic E-state index is -3.88. The molecule has 162 valence electrons. The standard InChI is InChI=1S/C23H16ClNO6S/c1-13-8-19-16(10-17(13)24)15(9-21(26)31-19)12-30-22(27)11-25-18-6-2-4-14-5-3-7-20(23(14)18)32(25,28)29/h2-10H,11-12H2,1H3. The first-order valence-corrected chi connectivity index (χ1v) is 11.5. The number of ether oxygens (including phenoxy) is 1. The number of rotatable bonds is 4. The van der Waals surface area contributed by atoms with Crippen LogP contribution in [0.25, 0.3) is 21.7 Å². The van der Waals surface area contributed by atoms with Gasteiger partial charge in [-0.3, -0.25) is 9.10 Å². The molecule has 3 aromatic carbocycles. The molecule has 0 unspecified atom stereocenters. The zero-order valence-electron chi connectivity index (χ0n) is 16.8. The fourth-order valence-corrected chi connectivity index (χ4v) is 5.74. The van der Waals surface area contributed by atoms with Crippen LogP contribution in [0.15, 0.2) is 68.7 Å². The highest BCUT2D eigenvalue weighted by atomic mass is 35.5. The van der Waals surface area contributed by atoms with Gasteiger partial charge in [0.15, 0.2) is 0 Å². The Morgan fingerprint density at radius 2 is 1.88 bits per heavy atom. The van der Waals surface area contributed by atoms with Crippen molar-refractivity contribution in [1.29, 1.82) is 0 Å². The second-order valence-electron chi connectivity index (χ2n) is 7.49. The summed E-state index contributed by atoms with van der Waals surface area (Å²) in [5, 5.41) is 2.38.